The molecule has 0 aliphatic heterocycles. The lowest BCUT2D eigenvalue weighted by atomic mass is 10.1. The Morgan fingerprint density at radius 2 is 0.366 bits per heavy atom. The van der Waals surface area contributed by atoms with E-state index >= 15 is 0 Å². The van der Waals surface area contributed by atoms with Crippen LogP contribution in [0.4, 0.5) is 0 Å². The first-order valence-corrected chi connectivity index (χ1v) is 36.9. The van der Waals surface area contributed by atoms with Gasteiger partial charge in [0.25, 0.3) is 0 Å². The topological polar surface area (TPSA) is 66.4 Å². The van der Waals surface area contributed by atoms with Crippen molar-refractivity contribution in [1.29, 1.82) is 0 Å². The van der Waals surface area contributed by atoms with E-state index in [9.17, 15) is 0 Å². The number of aromatic nitrogens is 3. The Kier molecular flexibility index (Phi) is 36.4. The molecule has 0 bridgehead atoms. The average Bonchev–Trinajstić information content (AvgIpc) is 1.25. The number of nitrogens with zero attached hydrogens (tertiary/aromatic N) is 3. The van der Waals surface area contributed by atoms with Crippen molar-refractivity contribution in [3.8, 4) is 86.9 Å². The van der Waals surface area contributed by atoms with Crippen LogP contribution in [-0.4, -0.2) is 34.8 Å². The molecular weight excluding hydrogens is 1130 g/mol. The minimum atomic E-state index is 0.573. The Bertz CT molecular complexity index is 2910. The summed E-state index contributed by atoms with van der Waals surface area (Å²) in [5, 5.41) is 0. The predicted molar refractivity (Wildman–Crippen MR) is 393 cm³/mol. The zero-order valence-electron chi connectivity index (χ0n) is 57.5. The van der Waals surface area contributed by atoms with E-state index in [2.05, 4.69) is 56.3 Å². The molecule has 0 aliphatic carbocycles. The van der Waals surface area contributed by atoms with Crippen LogP contribution >= 0.6 is 0 Å². The van der Waals surface area contributed by atoms with Crippen molar-refractivity contribution < 1.29 is 14.2 Å². The highest BCUT2D eigenvalue weighted by Gasteiger charge is 2.13. The summed E-state index contributed by atoms with van der Waals surface area (Å²) in [5.74, 6) is 24.5. The molecule has 0 saturated carbocycles. The fourth-order valence-electron chi connectivity index (χ4n) is 11.6. The minimum absolute atomic E-state index is 0.573. The van der Waals surface area contributed by atoms with Gasteiger partial charge in [-0.15, -0.1) is 0 Å². The first kappa shape index (κ1) is 72.8. The van der Waals surface area contributed by atoms with Gasteiger partial charge < -0.3 is 14.2 Å². The van der Waals surface area contributed by atoms with Crippen molar-refractivity contribution in [3.63, 3.8) is 0 Å². The molecule has 1 heterocycles. The van der Waals surface area contributed by atoms with E-state index < -0.39 is 0 Å². The molecule has 0 amide bonds. The molecule has 6 aromatic carbocycles. The maximum atomic E-state index is 6.09. The van der Waals surface area contributed by atoms with Crippen LogP contribution < -0.4 is 14.2 Å². The summed E-state index contributed by atoms with van der Waals surface area (Å²) in [5.41, 5.74) is 8.13. The van der Waals surface area contributed by atoms with E-state index in [-0.39, 0.29) is 0 Å². The third-order valence-electron chi connectivity index (χ3n) is 17.5. The van der Waals surface area contributed by atoms with Gasteiger partial charge >= 0.3 is 0 Å². The molecule has 0 radical (unpaired) electrons. The monoisotopic (exact) mass is 1250 g/mol. The zero-order chi connectivity index (χ0) is 64.7. The predicted octanol–water partition coefficient (Wildman–Crippen LogP) is 24.3. The second-order valence-electron chi connectivity index (χ2n) is 25.6. The quantitative estimate of drug-likeness (QED) is 0.0280. The van der Waals surface area contributed by atoms with E-state index in [0.717, 1.165) is 106 Å². The van der Waals surface area contributed by atoms with E-state index in [0.29, 0.717) is 17.5 Å². The lowest BCUT2D eigenvalue weighted by Gasteiger charge is -2.09. The molecule has 6 heteroatoms. The van der Waals surface area contributed by atoms with Gasteiger partial charge in [0.15, 0.2) is 17.5 Å². The lowest BCUT2D eigenvalue weighted by molar-refractivity contribution is 0.304. The molecule has 6 nitrogen and oxygen atoms in total. The molecule has 0 saturated heterocycles. The smallest absolute Gasteiger partial charge is 0.164 e. The summed E-state index contributed by atoms with van der Waals surface area (Å²) in [6.45, 7) is 9.11. The summed E-state index contributed by atoms with van der Waals surface area (Å²) >= 11 is 0. The summed E-state index contributed by atoms with van der Waals surface area (Å²) in [6.07, 6.45) is 48.1. The van der Waals surface area contributed by atoms with Crippen LogP contribution in [-0.2, 0) is 0 Å². The van der Waals surface area contributed by atoms with Gasteiger partial charge in [-0.25, -0.2) is 15.0 Å². The van der Waals surface area contributed by atoms with Gasteiger partial charge in [0.2, 0.25) is 0 Å². The summed E-state index contributed by atoms with van der Waals surface area (Å²) in [7, 11) is 0. The molecule has 0 spiro atoms. The van der Waals surface area contributed by atoms with Gasteiger partial charge in [-0.2, -0.15) is 0 Å². The van der Waals surface area contributed by atoms with Crippen molar-refractivity contribution >= 4 is 0 Å². The Balaban J connectivity index is 0.927. The maximum Gasteiger partial charge on any atom is 0.164 e. The zero-order valence-corrected chi connectivity index (χ0v) is 57.5. The van der Waals surface area contributed by atoms with Crippen LogP contribution in [0.1, 0.15) is 285 Å². The molecule has 93 heavy (non-hydrogen) atoms. The van der Waals surface area contributed by atoms with Crippen LogP contribution in [0.15, 0.2) is 146 Å². The molecule has 0 N–H and O–H groups in total. The number of benzene rings is 6. The summed E-state index contributed by atoms with van der Waals surface area (Å²) in [4.78, 5) is 15.2. The van der Waals surface area contributed by atoms with Crippen LogP contribution in [0, 0.1) is 35.5 Å². The molecule has 1 aromatic heterocycles. The van der Waals surface area contributed by atoms with Gasteiger partial charge in [-0.1, -0.05) is 268 Å². The summed E-state index contributed by atoms with van der Waals surface area (Å²) in [6, 6.07) is 48.8. The molecule has 0 unspecified atom stereocenters. The van der Waals surface area contributed by atoms with Gasteiger partial charge in [-0.3, -0.25) is 0 Å². The van der Waals surface area contributed by atoms with Crippen LogP contribution in [0.3, 0.4) is 0 Å². The first-order valence-electron chi connectivity index (χ1n) is 36.9. The number of hydrogen-bond donors (Lipinski definition) is 0. The molecule has 7 rings (SSSR count). The fourth-order valence-corrected chi connectivity index (χ4v) is 11.6. The van der Waals surface area contributed by atoms with Crippen LogP contribution in [0.5, 0.6) is 17.2 Å². The first-order chi connectivity index (χ1) is 46.0. The van der Waals surface area contributed by atoms with E-state index in [1.165, 1.54) is 212 Å². The van der Waals surface area contributed by atoms with Crippen LogP contribution in [0.25, 0.3) is 34.2 Å². The average molecular weight is 1250 g/mol. The molecule has 0 fully saturated rings. The number of hydrogen-bond acceptors (Lipinski definition) is 6. The largest absolute Gasteiger partial charge is 0.494 e. The van der Waals surface area contributed by atoms with Crippen molar-refractivity contribution in [2.24, 2.45) is 0 Å². The van der Waals surface area contributed by atoms with Crippen molar-refractivity contribution in [2.45, 2.75) is 252 Å². The van der Waals surface area contributed by atoms with Gasteiger partial charge in [0.1, 0.15) is 17.2 Å². The molecule has 7 aromatic rings. The third-order valence-corrected chi connectivity index (χ3v) is 17.5. The second-order valence-corrected chi connectivity index (χ2v) is 25.6. The number of unbranched alkanes of at least 4 members (excludes halogenated alkanes) is 33. The Morgan fingerprint density at radius 3 is 0.548 bits per heavy atom. The highest BCUT2D eigenvalue weighted by molar-refractivity contribution is 5.68. The van der Waals surface area contributed by atoms with Crippen molar-refractivity contribution in [1.82, 2.24) is 15.0 Å². The molecular formula is C87H111N3O3. The minimum Gasteiger partial charge on any atom is -0.494 e. The summed E-state index contributed by atoms with van der Waals surface area (Å²) < 4.78 is 18.3. The second kappa shape index (κ2) is 46.5. The Hall–Kier alpha value is -7.59. The molecule has 492 valence electrons. The number of rotatable bonds is 45. The Labute approximate surface area is 563 Å². The van der Waals surface area contributed by atoms with Crippen molar-refractivity contribution in [3.05, 3.63) is 179 Å². The van der Waals surface area contributed by atoms with Crippen LogP contribution in [0.2, 0.25) is 0 Å². The highest BCUT2D eigenvalue weighted by Crippen LogP contribution is 2.27. The molecule has 0 aliphatic rings. The van der Waals surface area contributed by atoms with E-state index in [1.807, 2.05) is 146 Å². The van der Waals surface area contributed by atoms with Crippen molar-refractivity contribution in [2.75, 3.05) is 19.8 Å². The van der Waals surface area contributed by atoms with Gasteiger partial charge in [0.05, 0.1) is 19.8 Å². The normalized spacial score (nSPS) is 10.9. The highest BCUT2D eigenvalue weighted by atomic mass is 16.5. The SMILES string of the molecule is CCCCCCCCCCCCCCOc1ccc(C#Cc2ccc(-c3nc(-c4ccc(C#Cc5ccc(OCCCCCCCCCCCCCC)cc5)cc4)nc(-c4ccc(C#Cc5ccc(OCCCCCCCCCCCCCC)cc5)cc4)n3)cc2)cc1. The van der Waals surface area contributed by atoms with Gasteiger partial charge in [-0.05, 0) is 165 Å². The Morgan fingerprint density at radius 1 is 0.204 bits per heavy atom. The molecule has 0 atom stereocenters. The maximum absolute atomic E-state index is 6.09. The number of ether oxygens (including phenoxy) is 3. The lowest BCUT2D eigenvalue weighted by Crippen LogP contribution is -2.00. The van der Waals surface area contributed by atoms with E-state index in [4.69, 9.17) is 29.2 Å². The fraction of sp³-hybridized carbons (Fsp3) is 0.483. The third kappa shape index (κ3) is 30.8. The van der Waals surface area contributed by atoms with Gasteiger partial charge in [0, 0.05) is 50.1 Å². The standard InChI is InChI=1S/C87H111N3O3/c1-4-7-10-13-16-19-22-25-28-31-34-37-70-91-82-64-52-76(53-65-82)43-40-73-46-58-79(59-47-73)85-88-86(80-60-48-74(49-61-80)41-44-77-54-66-83(67-55-77)92-71-38-35-32-29-26-23-20-17-14-11-8-5-2)90-87(89-85)81-62-50-75(51-63-81)42-45-78-56-68-84(69-57-78)93-72-39-36-33-30-27-24-21-18-15-12-9-6-3/h46-69H,4-39,70-72H2,1-3H3. The van der Waals surface area contributed by atoms with E-state index in [1.54, 1.807) is 0 Å².